The molecule has 6 aliphatic heterocycles. The van der Waals surface area contributed by atoms with Crippen molar-refractivity contribution in [3.63, 3.8) is 0 Å². The van der Waals surface area contributed by atoms with Crippen molar-refractivity contribution in [3.05, 3.63) is 233 Å². The third kappa shape index (κ3) is 22.3. The first-order valence-corrected chi connectivity index (χ1v) is 50.5. The number of H-pyrrole nitrogens is 2. The maximum atomic E-state index is 14.1. The van der Waals surface area contributed by atoms with E-state index in [0.717, 1.165) is 135 Å². The first-order chi connectivity index (χ1) is 65.7. The van der Waals surface area contributed by atoms with Gasteiger partial charge in [0.15, 0.2) is 0 Å². The molecule has 10 aromatic rings. The van der Waals surface area contributed by atoms with Gasteiger partial charge in [-0.15, -0.1) is 0 Å². The van der Waals surface area contributed by atoms with Gasteiger partial charge in [-0.1, -0.05) is 86.3 Å². The number of aromatic amines is 2. The smallest absolute Gasteiger partial charge is 0.409 e. The van der Waals surface area contributed by atoms with Crippen molar-refractivity contribution in [2.45, 2.75) is 102 Å². The van der Waals surface area contributed by atoms with E-state index < -0.39 is 62.9 Å². The monoisotopic (exact) mass is 1940 g/mol. The number of piperazine rings is 4. The molecule has 5 fully saturated rings. The number of amides is 4. The Morgan fingerprint density at radius 3 is 1.31 bits per heavy atom. The maximum absolute atomic E-state index is 14.1. The lowest BCUT2D eigenvalue weighted by Crippen LogP contribution is -2.50. The van der Waals surface area contributed by atoms with Crippen molar-refractivity contribution in [2.24, 2.45) is 28.6 Å². The van der Waals surface area contributed by atoms with E-state index in [1.807, 2.05) is 41.3 Å². The number of carbonyl (C=O) groups excluding carboxylic acids is 4. The van der Waals surface area contributed by atoms with Crippen molar-refractivity contribution in [2.75, 3.05) is 161 Å². The van der Waals surface area contributed by atoms with E-state index in [1.165, 1.54) is 71.1 Å². The van der Waals surface area contributed by atoms with Gasteiger partial charge in [0.1, 0.15) is 45.8 Å². The normalized spacial score (nSPS) is 19.6. The topological polar surface area (TPSA) is 376 Å². The number of hydrogen-bond donors (Lipinski definition) is 4. The maximum Gasteiger partial charge on any atom is 0.409 e. The molecule has 4 N–H and O–H groups in total. The molecule has 4 saturated heterocycles. The third-order valence-electron chi connectivity index (χ3n) is 27.9. The predicted molar refractivity (Wildman–Crippen MR) is 522 cm³/mol. The van der Waals surface area contributed by atoms with Crippen LogP contribution in [0.1, 0.15) is 122 Å². The third-order valence-corrected chi connectivity index (χ3v) is 31.0. The lowest BCUT2D eigenvalue weighted by Gasteiger charge is -2.39. The zero-order chi connectivity index (χ0) is 95.8. The van der Waals surface area contributed by atoms with Gasteiger partial charge in [0.2, 0.25) is 5.91 Å². The number of nitro groups is 2. The van der Waals surface area contributed by atoms with Crippen molar-refractivity contribution in [3.8, 4) is 34.5 Å². The number of benzene rings is 6. The fraction of sp³-hybridized carbons (Fsp3) is 0.420. The van der Waals surface area contributed by atoms with Crippen LogP contribution in [-0.2, 0) is 42.4 Å². The number of ether oxygens (including phenoxy) is 5. The molecule has 37 heteroatoms. The van der Waals surface area contributed by atoms with Crippen LogP contribution in [0.2, 0.25) is 10.0 Å². The number of halogens is 2. The fourth-order valence-electron chi connectivity index (χ4n) is 20.0. The Bertz CT molecular complexity index is 6600. The number of allylic oxidation sites excluding steroid dienone is 2. The molecule has 6 aromatic carbocycles. The van der Waals surface area contributed by atoms with Crippen molar-refractivity contribution in [1.29, 1.82) is 0 Å². The first kappa shape index (κ1) is 95.1. The van der Waals surface area contributed by atoms with E-state index in [2.05, 4.69) is 111 Å². The number of aromatic nitrogens is 4. The molecule has 0 unspecified atom stereocenters. The molecule has 9 aliphatic rings. The minimum atomic E-state index is -4.67. The van der Waals surface area contributed by atoms with Crippen LogP contribution >= 0.6 is 23.2 Å². The Morgan fingerprint density at radius 2 is 0.912 bits per heavy atom. The summed E-state index contributed by atoms with van der Waals surface area (Å²) in [5, 5.41) is 27.9. The quantitative estimate of drug-likeness (QED) is 0.0305. The molecule has 0 spiro atoms. The highest BCUT2D eigenvalue weighted by molar-refractivity contribution is 7.90. The molecule has 33 nitrogen and oxygen atoms in total. The largest absolute Gasteiger partial charge is 0.493 e. The Kier molecular flexibility index (Phi) is 27.8. The summed E-state index contributed by atoms with van der Waals surface area (Å²) in [6.45, 7) is 23.7. The van der Waals surface area contributed by atoms with E-state index >= 15 is 0 Å². The van der Waals surface area contributed by atoms with Crippen LogP contribution in [0.25, 0.3) is 33.2 Å². The highest BCUT2D eigenvalue weighted by Gasteiger charge is 2.41. The molecule has 720 valence electrons. The minimum absolute atomic E-state index is 0.0543. The van der Waals surface area contributed by atoms with Gasteiger partial charge in [-0.05, 0) is 170 Å². The number of pyridine rings is 2. The zero-order valence-corrected chi connectivity index (χ0v) is 80.4. The number of carbonyl (C=O) groups is 4. The fourth-order valence-corrected chi connectivity index (χ4v) is 22.3. The van der Waals surface area contributed by atoms with E-state index in [0.29, 0.717) is 126 Å². The average Bonchev–Trinajstić information content (AvgIpc) is 1.42. The van der Waals surface area contributed by atoms with Crippen LogP contribution in [0.3, 0.4) is 0 Å². The molecule has 3 aliphatic carbocycles. The van der Waals surface area contributed by atoms with Gasteiger partial charge in [-0.3, -0.25) is 54.2 Å². The average molecular weight is 1950 g/mol. The predicted octanol–water partition coefficient (Wildman–Crippen LogP) is 15.7. The summed E-state index contributed by atoms with van der Waals surface area (Å²) < 4.78 is 89.9. The molecule has 137 heavy (non-hydrogen) atoms. The molecule has 19 rings (SSSR count). The zero-order valence-electron chi connectivity index (χ0n) is 77.2. The van der Waals surface area contributed by atoms with Gasteiger partial charge in [0.05, 0.1) is 74.6 Å². The van der Waals surface area contributed by atoms with Crippen molar-refractivity contribution >= 4 is 123 Å². The molecule has 2 atom stereocenters. The molecule has 0 radical (unpaired) electrons. The van der Waals surface area contributed by atoms with Gasteiger partial charge in [0, 0.05) is 230 Å². The number of methoxy groups -OCH3 is 1. The van der Waals surface area contributed by atoms with Crippen molar-refractivity contribution in [1.82, 2.24) is 58.8 Å². The van der Waals surface area contributed by atoms with E-state index in [4.69, 9.17) is 46.9 Å². The van der Waals surface area contributed by atoms with Crippen LogP contribution in [0.15, 0.2) is 179 Å². The SMILES string of the molecule is CC1(C)CCC(CN2CCN(c3ccc(C(=O)NS(=O)(=O)c4cc5c(c([N+](=O)[O-])c4)C[C@H](CN4CCN(C(=O)C6CC6)CC4)CO5)c(Oc4cnc5[nH]ccc5c4)c3)CC2)=C(c2ccc(Cl)cc2)C1.COC(=O)N1CCN(C[C@@H]2COc3cc(S(=O)(=O)NC(=O)c4ccc(N5CCN(CC6=C(c7ccc(Cl)cc7)CC(C)(C)CC6)CC5)cc4Oc4cnc5[nH]ccc5c4)cc([N+](=O)[O-])c3C2)CC1. The molecule has 4 aromatic heterocycles. The standard InChI is InChI=1S/C51H57ClN8O8S.C49H55ClN8O9S/c1-51(2)13-11-37(44(28-51)34-5-7-38(52)8-6-34)31-57-15-19-58(20-16-57)39-9-10-42(47(25-39)68-40-24-36-12-14-53-48(36)54-29-40)49(61)55-69(65,66)41-26-45(60(63)64)43-23-33(32-67-46(43)27-41)30-56-17-21-59(22-18-56)50(62)35-3-4-35;1-49(2)12-10-35(42(27-49)33-4-6-36(50)7-5-33)30-55-14-18-56(19-15-55)37-8-9-40(45(24-37)67-38-23-34-11-13-51-46(34)52-28-38)47(59)53-68(63,64)39-25-43(58(61)62)41-22-32(31-66-44(41)26-39)29-54-16-20-57(21-17-54)48(60)65-3/h5-10,12,14,24-27,29,33,35H,3-4,11,13,15-23,28,30-32H2,1-2H3,(H,53,54)(H,55,61);4-9,11,13,23-26,28,32H,10,12,14-22,27,29-31H2,1-3H3,(H,51,52)(H,53,59)/t33-;32-/m11/s1. The Balaban J connectivity index is 0.000000182. The number of anilines is 2. The summed E-state index contributed by atoms with van der Waals surface area (Å²) in [7, 11) is -7.99. The highest BCUT2D eigenvalue weighted by atomic mass is 35.5. The molecular formula is C100H112Cl2N16O17S2. The molecule has 0 bridgehead atoms. The van der Waals surface area contributed by atoms with Gasteiger partial charge in [-0.25, -0.2) is 41.0 Å². The second-order valence-electron chi connectivity index (χ2n) is 38.8. The van der Waals surface area contributed by atoms with Gasteiger partial charge >= 0.3 is 6.09 Å². The Hall–Kier alpha value is -12.2. The first-order valence-electron chi connectivity index (χ1n) is 46.7. The van der Waals surface area contributed by atoms with E-state index in [9.17, 15) is 56.2 Å². The summed E-state index contributed by atoms with van der Waals surface area (Å²) in [5.74, 6) is -0.694. The molecule has 4 amide bonds. The number of sulfonamides is 2. The number of nitrogens with one attached hydrogen (secondary N) is 4. The summed E-state index contributed by atoms with van der Waals surface area (Å²) in [6, 6.07) is 38.1. The van der Waals surface area contributed by atoms with Crippen LogP contribution in [0.4, 0.5) is 27.5 Å². The van der Waals surface area contributed by atoms with Crippen LogP contribution in [0.5, 0.6) is 34.5 Å². The molecule has 1 saturated carbocycles. The van der Waals surface area contributed by atoms with E-state index in [1.54, 1.807) is 59.8 Å². The summed E-state index contributed by atoms with van der Waals surface area (Å²) >= 11 is 12.5. The lowest BCUT2D eigenvalue weighted by atomic mass is 9.72. The summed E-state index contributed by atoms with van der Waals surface area (Å²) in [6.07, 6.45) is 15.0. The molecule has 10 heterocycles. The summed E-state index contributed by atoms with van der Waals surface area (Å²) in [5.41, 5.74) is 11.1. The lowest BCUT2D eigenvalue weighted by molar-refractivity contribution is -0.386. The van der Waals surface area contributed by atoms with Gasteiger partial charge in [0.25, 0.3) is 43.2 Å². The highest BCUT2D eigenvalue weighted by Crippen LogP contribution is 2.48. The molecular weight excluding hydrogens is 1830 g/mol. The number of fused-ring (bicyclic) bond motifs is 4. The number of nitrogens with zero attached hydrogens (tertiary/aromatic N) is 12. The minimum Gasteiger partial charge on any atom is -0.493 e. The van der Waals surface area contributed by atoms with Crippen molar-refractivity contribution < 1.29 is 69.5 Å². The van der Waals surface area contributed by atoms with Crippen LogP contribution in [-0.4, -0.2) is 251 Å². The van der Waals surface area contributed by atoms with E-state index in [-0.39, 0.29) is 99.9 Å². The second-order valence-corrected chi connectivity index (χ2v) is 43.0. The summed E-state index contributed by atoms with van der Waals surface area (Å²) in [4.78, 5) is 108. The number of hydrogen-bond acceptors (Lipinski definition) is 25. The van der Waals surface area contributed by atoms with Crippen LogP contribution in [0, 0.1) is 48.8 Å². The number of rotatable bonds is 25. The Morgan fingerprint density at radius 1 is 0.511 bits per heavy atom. The Labute approximate surface area is 805 Å². The van der Waals surface area contributed by atoms with Gasteiger partial charge < -0.3 is 53.3 Å². The van der Waals surface area contributed by atoms with Gasteiger partial charge in [-0.2, -0.15) is 0 Å². The second kappa shape index (κ2) is 40.1. The van der Waals surface area contributed by atoms with Crippen LogP contribution < -0.4 is 38.2 Å². The number of nitro benzene ring substituents is 2.